The Morgan fingerprint density at radius 3 is 2.74 bits per heavy atom. The lowest BCUT2D eigenvalue weighted by molar-refractivity contribution is 0.912. The third kappa shape index (κ3) is 3.82. The molecular weight excluding hydrogens is 340 g/mol. The Morgan fingerprint density at radius 2 is 2.05 bits per heavy atom. The van der Waals surface area contributed by atoms with Crippen molar-refractivity contribution in [3.63, 3.8) is 0 Å². The van der Waals surface area contributed by atoms with Crippen LogP contribution in [0.4, 0.5) is 0 Å². The fourth-order valence-corrected chi connectivity index (χ4v) is 3.98. The number of benzene rings is 1. The Bertz CT molecular complexity index is 561. The van der Waals surface area contributed by atoms with Crippen LogP contribution < -0.4 is 0 Å². The zero-order valence-electron chi connectivity index (χ0n) is 10.3. The Balaban J connectivity index is 2.15. The van der Waals surface area contributed by atoms with E-state index in [4.69, 9.17) is 0 Å². The van der Waals surface area contributed by atoms with Crippen molar-refractivity contribution in [1.29, 1.82) is 5.26 Å². The first kappa shape index (κ1) is 14.6. The molecule has 2 nitrogen and oxygen atoms in total. The van der Waals surface area contributed by atoms with E-state index in [1.807, 2.05) is 30.3 Å². The molecule has 0 atom stereocenters. The largest absolute Gasteiger partial charge is 0.192 e. The van der Waals surface area contributed by atoms with E-state index >= 15 is 0 Å². The lowest BCUT2D eigenvalue weighted by Gasteiger charge is -1.99. The van der Waals surface area contributed by atoms with Gasteiger partial charge in [0.25, 0.3) is 0 Å². The van der Waals surface area contributed by atoms with Gasteiger partial charge in [-0.15, -0.1) is 11.8 Å². The lowest BCUT2D eigenvalue weighted by atomic mass is 10.1. The van der Waals surface area contributed by atoms with Gasteiger partial charge in [-0.2, -0.15) is 9.64 Å². The van der Waals surface area contributed by atoms with Crippen LogP contribution in [0.2, 0.25) is 0 Å². The summed E-state index contributed by atoms with van der Waals surface area (Å²) in [7, 11) is 0. The second kappa shape index (κ2) is 7.68. The van der Waals surface area contributed by atoms with Crippen LogP contribution in [-0.4, -0.2) is 15.5 Å². The minimum Gasteiger partial charge on any atom is -0.192 e. The van der Waals surface area contributed by atoms with Crippen molar-refractivity contribution in [2.45, 2.75) is 17.9 Å². The molecule has 2 aromatic rings. The van der Waals surface area contributed by atoms with Crippen LogP contribution in [0.25, 0.3) is 10.4 Å². The predicted octanol–water partition coefficient (Wildman–Crippen LogP) is 4.95. The molecule has 19 heavy (non-hydrogen) atoms. The number of aromatic nitrogens is 1. The number of nitrogens with zero attached hydrogens (tertiary/aromatic N) is 2. The molecule has 0 amide bonds. The number of thioether (sulfide) groups is 1. The molecule has 0 saturated carbocycles. The van der Waals surface area contributed by atoms with Crippen molar-refractivity contribution >= 4 is 39.2 Å². The molecule has 0 radical (unpaired) electrons. The Hall–Kier alpha value is -0.830. The standard InChI is InChI=1S/C14H13BrN2S2/c15-8-4-5-9-18-14-12(10-16)13(19-17-14)11-6-2-1-3-7-11/h1-3,6-7H,4-5,8-9H2. The number of halogens is 1. The summed E-state index contributed by atoms with van der Waals surface area (Å²) in [5, 5.41) is 11.3. The number of hydrogen-bond acceptors (Lipinski definition) is 4. The topological polar surface area (TPSA) is 36.7 Å². The van der Waals surface area contributed by atoms with Gasteiger partial charge >= 0.3 is 0 Å². The van der Waals surface area contributed by atoms with E-state index in [-0.39, 0.29) is 0 Å². The van der Waals surface area contributed by atoms with Crippen LogP contribution in [0.1, 0.15) is 18.4 Å². The molecule has 0 spiro atoms. The van der Waals surface area contributed by atoms with Crippen LogP contribution >= 0.6 is 39.2 Å². The van der Waals surface area contributed by atoms with Gasteiger partial charge in [0, 0.05) is 5.33 Å². The fraction of sp³-hybridized carbons (Fsp3) is 0.286. The molecule has 0 saturated heterocycles. The Labute approximate surface area is 130 Å². The summed E-state index contributed by atoms with van der Waals surface area (Å²) in [5.41, 5.74) is 1.80. The molecule has 1 aromatic heterocycles. The van der Waals surface area contributed by atoms with Gasteiger partial charge in [0.15, 0.2) is 0 Å². The van der Waals surface area contributed by atoms with Crippen molar-refractivity contribution in [3.05, 3.63) is 35.9 Å². The number of nitriles is 1. The second-order valence-corrected chi connectivity index (χ2v) is 6.56. The van der Waals surface area contributed by atoms with Crippen LogP contribution in [0.5, 0.6) is 0 Å². The molecule has 0 aliphatic rings. The van der Waals surface area contributed by atoms with Gasteiger partial charge in [0.05, 0.1) is 4.88 Å². The summed E-state index contributed by atoms with van der Waals surface area (Å²) in [5.74, 6) is 1.01. The first-order valence-electron chi connectivity index (χ1n) is 6.00. The third-order valence-electron chi connectivity index (χ3n) is 2.58. The molecule has 0 aliphatic heterocycles. The first-order chi connectivity index (χ1) is 9.36. The molecule has 2 rings (SSSR count). The maximum Gasteiger partial charge on any atom is 0.128 e. The van der Waals surface area contributed by atoms with Crippen LogP contribution in [0, 0.1) is 11.3 Å². The van der Waals surface area contributed by atoms with E-state index in [1.165, 1.54) is 11.5 Å². The summed E-state index contributed by atoms with van der Waals surface area (Å²) in [6, 6.07) is 12.3. The summed E-state index contributed by atoms with van der Waals surface area (Å²) in [4.78, 5) is 0.978. The molecular formula is C14H13BrN2S2. The highest BCUT2D eigenvalue weighted by atomic mass is 79.9. The summed E-state index contributed by atoms with van der Waals surface area (Å²) >= 11 is 6.52. The Kier molecular flexibility index (Phi) is 5.90. The zero-order valence-corrected chi connectivity index (χ0v) is 13.5. The zero-order chi connectivity index (χ0) is 13.5. The fourth-order valence-electron chi connectivity index (χ4n) is 1.62. The van der Waals surface area contributed by atoms with Gasteiger partial charge in [0.2, 0.25) is 0 Å². The van der Waals surface area contributed by atoms with E-state index in [0.29, 0.717) is 0 Å². The molecule has 0 fully saturated rings. The molecule has 0 bridgehead atoms. The monoisotopic (exact) mass is 352 g/mol. The van der Waals surface area contributed by atoms with E-state index in [2.05, 4.69) is 26.4 Å². The van der Waals surface area contributed by atoms with Gasteiger partial charge in [-0.1, -0.05) is 46.3 Å². The summed E-state index contributed by atoms with van der Waals surface area (Å²) in [6.45, 7) is 0. The van der Waals surface area contributed by atoms with Crippen molar-refractivity contribution in [2.24, 2.45) is 0 Å². The number of rotatable bonds is 6. The third-order valence-corrected chi connectivity index (χ3v) is 5.21. The van der Waals surface area contributed by atoms with Crippen LogP contribution in [0.3, 0.4) is 0 Å². The maximum absolute atomic E-state index is 9.35. The molecule has 0 aliphatic carbocycles. The molecule has 5 heteroatoms. The van der Waals surface area contributed by atoms with E-state index in [0.717, 1.165) is 45.0 Å². The first-order valence-corrected chi connectivity index (χ1v) is 8.89. The highest BCUT2D eigenvalue weighted by Gasteiger charge is 2.15. The van der Waals surface area contributed by atoms with E-state index < -0.39 is 0 Å². The molecule has 0 N–H and O–H groups in total. The molecule has 98 valence electrons. The predicted molar refractivity (Wildman–Crippen MR) is 86.0 cm³/mol. The number of alkyl halides is 1. The Morgan fingerprint density at radius 1 is 1.26 bits per heavy atom. The van der Waals surface area contributed by atoms with Crippen LogP contribution in [-0.2, 0) is 0 Å². The molecule has 1 aromatic carbocycles. The average molecular weight is 353 g/mol. The average Bonchev–Trinajstić information content (AvgIpc) is 2.87. The van der Waals surface area contributed by atoms with Crippen molar-refractivity contribution in [3.8, 4) is 16.5 Å². The van der Waals surface area contributed by atoms with Gasteiger partial charge in [0.1, 0.15) is 16.7 Å². The van der Waals surface area contributed by atoms with Gasteiger partial charge in [-0.25, -0.2) is 0 Å². The smallest absolute Gasteiger partial charge is 0.128 e. The van der Waals surface area contributed by atoms with E-state index in [1.54, 1.807) is 11.8 Å². The summed E-state index contributed by atoms with van der Waals surface area (Å²) in [6.07, 6.45) is 2.30. The quantitative estimate of drug-likeness (QED) is 0.419. The molecule has 1 heterocycles. The highest BCUT2D eigenvalue weighted by molar-refractivity contribution is 9.09. The van der Waals surface area contributed by atoms with Gasteiger partial charge in [-0.05, 0) is 35.7 Å². The van der Waals surface area contributed by atoms with Crippen molar-refractivity contribution in [1.82, 2.24) is 4.37 Å². The number of hydrogen-bond donors (Lipinski definition) is 0. The molecule has 0 unspecified atom stereocenters. The SMILES string of the molecule is N#Cc1c(SCCCCBr)nsc1-c1ccccc1. The summed E-state index contributed by atoms with van der Waals surface area (Å²) < 4.78 is 4.43. The highest BCUT2D eigenvalue weighted by Crippen LogP contribution is 2.34. The van der Waals surface area contributed by atoms with Crippen molar-refractivity contribution < 1.29 is 0 Å². The van der Waals surface area contributed by atoms with Crippen LogP contribution in [0.15, 0.2) is 35.4 Å². The number of unbranched alkanes of at least 4 members (excludes halogenated alkanes) is 1. The second-order valence-electron chi connectivity index (χ2n) is 3.91. The normalized spacial score (nSPS) is 10.3. The lowest BCUT2D eigenvalue weighted by Crippen LogP contribution is -1.84. The van der Waals surface area contributed by atoms with Gasteiger partial charge in [-0.3, -0.25) is 0 Å². The maximum atomic E-state index is 9.35. The van der Waals surface area contributed by atoms with Crippen molar-refractivity contribution in [2.75, 3.05) is 11.1 Å². The van der Waals surface area contributed by atoms with Gasteiger partial charge < -0.3 is 0 Å². The van der Waals surface area contributed by atoms with E-state index in [9.17, 15) is 5.26 Å². The minimum absolute atomic E-state index is 0.722. The minimum atomic E-state index is 0.722.